The normalized spacial score (nSPS) is 21.3. The highest BCUT2D eigenvalue weighted by Crippen LogP contribution is 2.28. The second-order valence-corrected chi connectivity index (χ2v) is 3.68. The molecule has 1 aliphatic rings. The Bertz CT molecular complexity index is 95.0. The van der Waals surface area contributed by atoms with E-state index in [2.05, 4.69) is 12.2 Å². The predicted octanol–water partition coefficient (Wildman–Crippen LogP) is 1.11. The minimum absolute atomic E-state index is 0.495. The molecule has 2 nitrogen and oxygen atoms in total. The number of hydrogen-bond donors (Lipinski definition) is 2. The van der Waals surface area contributed by atoms with E-state index in [1.54, 1.807) is 0 Å². The lowest BCUT2D eigenvalue weighted by atomic mass is 9.83. The minimum atomic E-state index is 0.495. The summed E-state index contributed by atoms with van der Waals surface area (Å²) in [6.07, 6.45) is 5.72. The van der Waals surface area contributed by atoms with Crippen LogP contribution in [0.4, 0.5) is 0 Å². The molecular weight excluding hydrogens is 136 g/mol. The van der Waals surface area contributed by atoms with Gasteiger partial charge in [-0.1, -0.05) is 19.3 Å². The Hall–Kier alpha value is -0.0800. The van der Waals surface area contributed by atoms with Crippen LogP contribution in [0, 0.1) is 5.92 Å². The number of rotatable bonds is 5. The molecule has 1 atom stereocenters. The van der Waals surface area contributed by atoms with Gasteiger partial charge in [-0.2, -0.15) is 0 Å². The summed E-state index contributed by atoms with van der Waals surface area (Å²) in [5.41, 5.74) is 5.47. The SMILES string of the molecule is C[C@H](CN)NCCC1CCC1. The van der Waals surface area contributed by atoms with Crippen LogP contribution < -0.4 is 11.1 Å². The van der Waals surface area contributed by atoms with Crippen molar-refractivity contribution in [3.05, 3.63) is 0 Å². The van der Waals surface area contributed by atoms with Gasteiger partial charge in [-0.15, -0.1) is 0 Å². The van der Waals surface area contributed by atoms with E-state index >= 15 is 0 Å². The molecule has 0 spiro atoms. The van der Waals surface area contributed by atoms with Crippen LogP contribution in [0.15, 0.2) is 0 Å². The van der Waals surface area contributed by atoms with Crippen molar-refractivity contribution in [2.75, 3.05) is 13.1 Å². The van der Waals surface area contributed by atoms with Gasteiger partial charge in [-0.25, -0.2) is 0 Å². The number of nitrogens with one attached hydrogen (secondary N) is 1. The summed E-state index contributed by atoms with van der Waals surface area (Å²) in [7, 11) is 0. The van der Waals surface area contributed by atoms with Crippen LogP contribution in [0.2, 0.25) is 0 Å². The van der Waals surface area contributed by atoms with Crippen LogP contribution >= 0.6 is 0 Å². The summed E-state index contributed by atoms with van der Waals surface area (Å²) < 4.78 is 0. The van der Waals surface area contributed by atoms with Gasteiger partial charge in [0.15, 0.2) is 0 Å². The molecule has 0 aliphatic heterocycles. The molecule has 3 N–H and O–H groups in total. The first kappa shape index (κ1) is 9.01. The molecule has 0 bridgehead atoms. The maximum absolute atomic E-state index is 5.47. The van der Waals surface area contributed by atoms with Gasteiger partial charge in [0.25, 0.3) is 0 Å². The Labute approximate surface area is 69.5 Å². The van der Waals surface area contributed by atoms with E-state index in [0.717, 1.165) is 19.0 Å². The highest BCUT2D eigenvalue weighted by molar-refractivity contribution is 4.71. The summed E-state index contributed by atoms with van der Waals surface area (Å²) in [4.78, 5) is 0. The molecule has 0 unspecified atom stereocenters. The fourth-order valence-electron chi connectivity index (χ4n) is 1.40. The number of nitrogens with two attached hydrogens (primary N) is 1. The van der Waals surface area contributed by atoms with Crippen molar-refractivity contribution in [1.82, 2.24) is 5.32 Å². The number of hydrogen-bond acceptors (Lipinski definition) is 2. The second-order valence-electron chi connectivity index (χ2n) is 3.68. The third-order valence-electron chi connectivity index (χ3n) is 2.62. The van der Waals surface area contributed by atoms with Gasteiger partial charge in [0, 0.05) is 12.6 Å². The molecule has 1 rings (SSSR count). The maximum atomic E-state index is 5.47. The van der Waals surface area contributed by atoms with Crippen LogP contribution in [0.25, 0.3) is 0 Å². The van der Waals surface area contributed by atoms with E-state index in [4.69, 9.17) is 5.73 Å². The lowest BCUT2D eigenvalue weighted by Gasteiger charge is -2.25. The molecule has 1 aliphatic carbocycles. The van der Waals surface area contributed by atoms with Gasteiger partial charge < -0.3 is 11.1 Å². The molecule has 0 saturated heterocycles. The summed E-state index contributed by atoms with van der Waals surface area (Å²) in [5.74, 6) is 1.02. The van der Waals surface area contributed by atoms with E-state index in [-0.39, 0.29) is 0 Å². The second kappa shape index (κ2) is 4.73. The van der Waals surface area contributed by atoms with Crippen molar-refractivity contribution < 1.29 is 0 Å². The van der Waals surface area contributed by atoms with Crippen molar-refractivity contribution in [3.63, 3.8) is 0 Å². The van der Waals surface area contributed by atoms with Crippen LogP contribution in [-0.2, 0) is 0 Å². The molecule has 0 radical (unpaired) electrons. The zero-order valence-corrected chi connectivity index (χ0v) is 7.47. The van der Waals surface area contributed by atoms with E-state index in [9.17, 15) is 0 Å². The maximum Gasteiger partial charge on any atom is 0.0161 e. The Kier molecular flexibility index (Phi) is 3.87. The van der Waals surface area contributed by atoms with E-state index < -0.39 is 0 Å². The molecule has 0 amide bonds. The molecule has 1 saturated carbocycles. The molecule has 66 valence electrons. The third-order valence-corrected chi connectivity index (χ3v) is 2.62. The molecule has 11 heavy (non-hydrogen) atoms. The highest BCUT2D eigenvalue weighted by Gasteiger charge is 2.16. The first-order valence-electron chi connectivity index (χ1n) is 4.76. The molecule has 0 aromatic carbocycles. The highest BCUT2D eigenvalue weighted by atomic mass is 14.9. The Morgan fingerprint density at radius 3 is 2.73 bits per heavy atom. The molecule has 2 heteroatoms. The molecule has 0 aromatic heterocycles. The summed E-state index contributed by atoms with van der Waals surface area (Å²) in [6.45, 7) is 4.05. The lowest BCUT2D eigenvalue weighted by molar-refractivity contribution is 0.288. The largest absolute Gasteiger partial charge is 0.329 e. The molecule has 1 fully saturated rings. The van der Waals surface area contributed by atoms with Crippen LogP contribution in [-0.4, -0.2) is 19.1 Å². The van der Waals surface area contributed by atoms with Crippen molar-refractivity contribution in [2.45, 2.75) is 38.6 Å². The summed E-state index contributed by atoms with van der Waals surface area (Å²) in [6, 6.07) is 0.495. The van der Waals surface area contributed by atoms with Crippen molar-refractivity contribution in [2.24, 2.45) is 11.7 Å². The molecular formula is C9H20N2. The first-order chi connectivity index (χ1) is 5.33. The smallest absolute Gasteiger partial charge is 0.0161 e. The van der Waals surface area contributed by atoms with Crippen molar-refractivity contribution in [1.29, 1.82) is 0 Å². The van der Waals surface area contributed by atoms with Gasteiger partial charge in [-0.3, -0.25) is 0 Å². The van der Waals surface area contributed by atoms with Crippen molar-refractivity contribution >= 4 is 0 Å². The van der Waals surface area contributed by atoms with Gasteiger partial charge >= 0.3 is 0 Å². The van der Waals surface area contributed by atoms with E-state index in [1.807, 2.05) is 0 Å². The monoisotopic (exact) mass is 156 g/mol. The first-order valence-corrected chi connectivity index (χ1v) is 4.76. The van der Waals surface area contributed by atoms with E-state index in [1.165, 1.54) is 25.7 Å². The third kappa shape index (κ3) is 3.21. The Morgan fingerprint density at radius 2 is 2.27 bits per heavy atom. The average Bonchev–Trinajstić information content (AvgIpc) is 1.94. The summed E-state index contributed by atoms with van der Waals surface area (Å²) in [5, 5.41) is 3.41. The Morgan fingerprint density at radius 1 is 1.55 bits per heavy atom. The zero-order chi connectivity index (χ0) is 8.10. The summed E-state index contributed by atoms with van der Waals surface area (Å²) >= 11 is 0. The van der Waals surface area contributed by atoms with Crippen LogP contribution in [0.1, 0.15) is 32.6 Å². The van der Waals surface area contributed by atoms with Crippen LogP contribution in [0.5, 0.6) is 0 Å². The molecule has 0 aromatic rings. The average molecular weight is 156 g/mol. The van der Waals surface area contributed by atoms with Crippen LogP contribution in [0.3, 0.4) is 0 Å². The van der Waals surface area contributed by atoms with Gasteiger partial charge in [-0.05, 0) is 25.8 Å². The minimum Gasteiger partial charge on any atom is -0.329 e. The van der Waals surface area contributed by atoms with E-state index in [0.29, 0.717) is 6.04 Å². The lowest BCUT2D eigenvalue weighted by Crippen LogP contribution is -2.34. The zero-order valence-electron chi connectivity index (χ0n) is 7.47. The van der Waals surface area contributed by atoms with Crippen molar-refractivity contribution in [3.8, 4) is 0 Å². The topological polar surface area (TPSA) is 38.0 Å². The standard InChI is InChI=1S/C9H20N2/c1-8(7-10)11-6-5-9-3-2-4-9/h8-9,11H,2-7,10H2,1H3/t8-/m1/s1. The fraction of sp³-hybridized carbons (Fsp3) is 1.00. The van der Waals surface area contributed by atoms with Gasteiger partial charge in [0.05, 0.1) is 0 Å². The Balaban J connectivity index is 1.86. The molecule has 0 heterocycles. The van der Waals surface area contributed by atoms with Gasteiger partial charge in [0.1, 0.15) is 0 Å². The van der Waals surface area contributed by atoms with Gasteiger partial charge in [0.2, 0.25) is 0 Å². The quantitative estimate of drug-likeness (QED) is 0.626. The predicted molar refractivity (Wildman–Crippen MR) is 48.5 cm³/mol. The fourth-order valence-corrected chi connectivity index (χ4v) is 1.40.